The zero-order valence-electron chi connectivity index (χ0n) is 10.4. The van der Waals surface area contributed by atoms with Crippen LogP contribution in [0.15, 0.2) is 24.3 Å². The van der Waals surface area contributed by atoms with Gasteiger partial charge in [0.15, 0.2) is 0 Å². The average Bonchev–Trinajstić information content (AvgIpc) is 2.87. The van der Waals surface area contributed by atoms with Crippen molar-refractivity contribution in [3.8, 4) is 5.75 Å². The summed E-state index contributed by atoms with van der Waals surface area (Å²) in [5.41, 5.74) is -0.694. The first-order valence-corrected chi connectivity index (χ1v) is 7.04. The molecule has 104 valence electrons. The second kappa shape index (κ2) is 5.39. The third-order valence-electron chi connectivity index (χ3n) is 3.24. The van der Waals surface area contributed by atoms with Crippen molar-refractivity contribution in [3.05, 3.63) is 29.3 Å². The van der Waals surface area contributed by atoms with Crippen molar-refractivity contribution in [3.63, 3.8) is 0 Å². The molecule has 1 atom stereocenters. The van der Waals surface area contributed by atoms with Crippen molar-refractivity contribution < 1.29 is 9.53 Å². The first-order valence-electron chi connectivity index (χ1n) is 5.90. The summed E-state index contributed by atoms with van der Waals surface area (Å²) in [6.45, 7) is 2.46. The first-order chi connectivity index (χ1) is 8.87. The Hall–Kier alpha value is -0.640. The fourth-order valence-electron chi connectivity index (χ4n) is 1.73. The molecule has 1 fully saturated rings. The van der Waals surface area contributed by atoms with Crippen LogP contribution >= 0.6 is 34.8 Å². The van der Waals surface area contributed by atoms with Gasteiger partial charge < -0.3 is 10.1 Å². The van der Waals surface area contributed by atoms with E-state index in [1.807, 2.05) is 12.1 Å². The number of alkyl halides is 2. The largest absolute Gasteiger partial charge is 0.490 e. The van der Waals surface area contributed by atoms with Gasteiger partial charge in [-0.2, -0.15) is 0 Å². The van der Waals surface area contributed by atoms with Crippen molar-refractivity contribution in [2.75, 3.05) is 13.2 Å². The van der Waals surface area contributed by atoms with Crippen molar-refractivity contribution >= 4 is 40.7 Å². The van der Waals surface area contributed by atoms with Crippen LogP contribution in [0, 0.1) is 5.41 Å². The fourth-order valence-corrected chi connectivity index (χ4v) is 2.63. The number of nitrogens with one attached hydrogen (secondary N) is 1. The molecule has 0 saturated heterocycles. The Morgan fingerprint density at radius 1 is 1.42 bits per heavy atom. The van der Waals surface area contributed by atoms with Gasteiger partial charge in [0.1, 0.15) is 16.7 Å². The minimum Gasteiger partial charge on any atom is -0.490 e. The Morgan fingerprint density at radius 3 is 2.63 bits per heavy atom. The Balaban J connectivity index is 1.74. The van der Waals surface area contributed by atoms with Gasteiger partial charge >= 0.3 is 0 Å². The molecule has 19 heavy (non-hydrogen) atoms. The van der Waals surface area contributed by atoms with Gasteiger partial charge in [0.2, 0.25) is 5.91 Å². The van der Waals surface area contributed by atoms with Crippen molar-refractivity contribution in [1.82, 2.24) is 5.32 Å². The number of benzene rings is 1. The molecule has 0 bridgehead atoms. The molecule has 1 aromatic carbocycles. The number of halogens is 3. The highest BCUT2D eigenvalue weighted by Gasteiger charge is 2.67. The monoisotopic (exact) mass is 321 g/mol. The molecule has 0 spiro atoms. The predicted octanol–water partition coefficient (Wildman–Crippen LogP) is 3.42. The fraction of sp³-hybridized carbons (Fsp3) is 0.462. The summed E-state index contributed by atoms with van der Waals surface area (Å²) in [5, 5.41) is 3.30. The van der Waals surface area contributed by atoms with E-state index in [1.54, 1.807) is 19.1 Å². The van der Waals surface area contributed by atoms with Gasteiger partial charge in [0.25, 0.3) is 0 Å². The summed E-state index contributed by atoms with van der Waals surface area (Å²) >= 11 is 17.8. The SMILES string of the molecule is CC1(C(=O)NCCOc2ccccc2Cl)CC1(Cl)Cl. The lowest BCUT2D eigenvalue weighted by molar-refractivity contribution is -0.125. The summed E-state index contributed by atoms with van der Waals surface area (Å²) < 4.78 is 4.52. The standard InChI is InChI=1S/C13H14Cl3NO2/c1-12(8-13(12,15)16)11(18)17-6-7-19-10-5-3-2-4-9(10)14/h2-5H,6-8H2,1H3,(H,17,18). The van der Waals surface area contributed by atoms with Gasteiger partial charge in [0.05, 0.1) is 17.0 Å². The second-order valence-electron chi connectivity index (χ2n) is 4.75. The highest BCUT2D eigenvalue weighted by atomic mass is 35.5. The molecule has 1 aliphatic carbocycles. The van der Waals surface area contributed by atoms with E-state index in [4.69, 9.17) is 39.5 Å². The summed E-state index contributed by atoms with van der Waals surface area (Å²) in [7, 11) is 0. The van der Waals surface area contributed by atoms with Crippen LogP contribution in [0.25, 0.3) is 0 Å². The summed E-state index contributed by atoms with van der Waals surface area (Å²) in [5.74, 6) is 0.445. The number of ether oxygens (including phenoxy) is 1. The molecule has 1 amide bonds. The van der Waals surface area contributed by atoms with Crippen molar-refractivity contribution in [1.29, 1.82) is 0 Å². The van der Waals surface area contributed by atoms with Gasteiger partial charge in [-0.15, -0.1) is 23.2 Å². The molecule has 1 unspecified atom stereocenters. The molecular formula is C13H14Cl3NO2. The molecule has 0 heterocycles. The summed E-state index contributed by atoms with van der Waals surface area (Å²) in [4.78, 5) is 11.9. The molecule has 1 aromatic rings. The predicted molar refractivity (Wildman–Crippen MR) is 77.1 cm³/mol. The molecule has 0 aliphatic heterocycles. The van der Waals surface area contributed by atoms with Crippen molar-refractivity contribution in [2.45, 2.75) is 17.7 Å². The number of hydrogen-bond acceptors (Lipinski definition) is 2. The maximum absolute atomic E-state index is 11.9. The molecule has 1 N–H and O–H groups in total. The lowest BCUT2D eigenvalue weighted by Gasteiger charge is -2.13. The molecule has 1 aliphatic rings. The molecular weight excluding hydrogens is 309 g/mol. The van der Waals surface area contributed by atoms with Crippen molar-refractivity contribution in [2.24, 2.45) is 5.41 Å². The van der Waals surface area contributed by atoms with Gasteiger partial charge in [-0.1, -0.05) is 23.7 Å². The van der Waals surface area contributed by atoms with Gasteiger partial charge in [-0.25, -0.2) is 0 Å². The van der Waals surface area contributed by atoms with Crippen LogP contribution in [-0.2, 0) is 4.79 Å². The first kappa shape index (κ1) is 14.8. The van der Waals surface area contributed by atoms with Gasteiger partial charge in [-0.05, 0) is 25.5 Å². The lowest BCUT2D eigenvalue weighted by Crippen LogP contribution is -2.35. The molecule has 0 radical (unpaired) electrons. The van der Waals surface area contributed by atoms with E-state index >= 15 is 0 Å². The maximum atomic E-state index is 11.9. The van der Waals surface area contributed by atoms with E-state index in [2.05, 4.69) is 5.32 Å². The lowest BCUT2D eigenvalue weighted by atomic mass is 10.1. The van der Waals surface area contributed by atoms with E-state index in [0.717, 1.165) is 0 Å². The van der Waals surface area contributed by atoms with Gasteiger partial charge in [0, 0.05) is 0 Å². The second-order valence-corrected chi connectivity index (χ2v) is 6.64. The summed E-state index contributed by atoms with van der Waals surface area (Å²) in [6.07, 6.45) is 0.473. The van der Waals surface area contributed by atoms with Crippen LogP contribution in [0.2, 0.25) is 5.02 Å². The van der Waals surface area contributed by atoms with Crippen LogP contribution in [-0.4, -0.2) is 23.4 Å². The number of amides is 1. The number of rotatable bonds is 5. The Labute approximate surface area is 127 Å². The normalized spacial score (nSPS) is 23.8. The topological polar surface area (TPSA) is 38.3 Å². The third-order valence-corrected chi connectivity index (χ3v) is 4.65. The van der Waals surface area contributed by atoms with Crippen LogP contribution in [0.4, 0.5) is 0 Å². The Kier molecular flexibility index (Phi) is 4.19. The smallest absolute Gasteiger partial charge is 0.229 e. The zero-order valence-corrected chi connectivity index (χ0v) is 12.6. The van der Waals surface area contributed by atoms with Crippen LogP contribution in [0.5, 0.6) is 5.75 Å². The number of carbonyl (C=O) groups is 1. The molecule has 2 rings (SSSR count). The molecule has 6 heteroatoms. The number of hydrogen-bond donors (Lipinski definition) is 1. The molecule has 0 aromatic heterocycles. The molecule has 1 saturated carbocycles. The number of carbonyl (C=O) groups excluding carboxylic acids is 1. The van der Waals surface area contributed by atoms with E-state index < -0.39 is 9.75 Å². The average molecular weight is 323 g/mol. The minimum absolute atomic E-state index is 0.153. The third kappa shape index (κ3) is 3.10. The molecule has 3 nitrogen and oxygen atoms in total. The van der Waals surface area contributed by atoms with Crippen LogP contribution in [0.3, 0.4) is 0 Å². The summed E-state index contributed by atoms with van der Waals surface area (Å²) in [6, 6.07) is 7.18. The van der Waals surface area contributed by atoms with E-state index in [0.29, 0.717) is 30.3 Å². The highest BCUT2D eigenvalue weighted by molar-refractivity contribution is 6.53. The number of para-hydroxylation sites is 1. The minimum atomic E-state index is -0.944. The van der Waals surface area contributed by atoms with Gasteiger partial charge in [-0.3, -0.25) is 4.79 Å². The zero-order chi connectivity index (χ0) is 14.1. The van der Waals surface area contributed by atoms with Crippen LogP contribution in [0.1, 0.15) is 13.3 Å². The quantitative estimate of drug-likeness (QED) is 0.666. The Bertz CT molecular complexity index is 493. The van der Waals surface area contributed by atoms with E-state index in [1.165, 1.54) is 0 Å². The highest BCUT2D eigenvalue weighted by Crippen LogP contribution is 2.63. The maximum Gasteiger partial charge on any atom is 0.229 e. The van der Waals surface area contributed by atoms with E-state index in [-0.39, 0.29) is 5.91 Å². The van der Waals surface area contributed by atoms with E-state index in [9.17, 15) is 4.79 Å². The van der Waals surface area contributed by atoms with Crippen LogP contribution < -0.4 is 10.1 Å². The Morgan fingerprint density at radius 2 is 2.05 bits per heavy atom.